The number of nitrogens with two attached hydrogens (primary N) is 1. The maximum Gasteiger partial charge on any atom is 0.202 e. The van der Waals surface area contributed by atoms with E-state index in [4.69, 9.17) is 5.73 Å². The normalized spacial score (nSPS) is 14.6. The maximum atomic E-state index is 11.5. The fourth-order valence-electron chi connectivity index (χ4n) is 1.61. The zero-order valence-electron chi connectivity index (χ0n) is 7.54. The Morgan fingerprint density at radius 3 is 2.64 bits per heavy atom. The third-order valence-corrected chi connectivity index (χ3v) is 2.25. The van der Waals surface area contributed by atoms with E-state index in [0.29, 0.717) is 24.2 Å². The molecule has 0 fully saturated rings. The van der Waals surface area contributed by atoms with Gasteiger partial charge in [-0.2, -0.15) is 0 Å². The van der Waals surface area contributed by atoms with Crippen molar-refractivity contribution < 1.29 is 9.59 Å². The van der Waals surface area contributed by atoms with Crippen LogP contribution in [-0.4, -0.2) is 23.1 Å². The molecule has 4 heteroatoms. The molecule has 1 aliphatic rings. The molecule has 3 N–H and O–H groups in total. The minimum Gasteiger partial charge on any atom is -0.358 e. The largest absolute Gasteiger partial charge is 0.358 e. The molecule has 0 amide bonds. The van der Waals surface area contributed by atoms with Crippen molar-refractivity contribution in [1.29, 1.82) is 0 Å². The second-order valence-corrected chi connectivity index (χ2v) is 3.16. The van der Waals surface area contributed by atoms with Crippen LogP contribution >= 0.6 is 0 Å². The second kappa shape index (κ2) is 3.23. The molecule has 0 aliphatic heterocycles. The number of hydrogen-bond donors (Lipinski definition) is 2. The summed E-state index contributed by atoms with van der Waals surface area (Å²) < 4.78 is 0. The Morgan fingerprint density at radius 2 is 1.93 bits per heavy atom. The highest BCUT2D eigenvalue weighted by Gasteiger charge is 2.23. The van der Waals surface area contributed by atoms with Gasteiger partial charge in [0.25, 0.3) is 0 Å². The van der Waals surface area contributed by atoms with Crippen LogP contribution < -0.4 is 5.73 Å². The van der Waals surface area contributed by atoms with Crippen LogP contribution in [-0.2, 0) is 6.42 Å². The number of ketones is 2. The maximum absolute atomic E-state index is 11.5. The monoisotopic (exact) mass is 190 g/mol. The molecule has 1 aliphatic carbocycles. The molecule has 4 nitrogen and oxygen atoms in total. The number of aromatic amines is 1. The van der Waals surface area contributed by atoms with Crippen LogP contribution in [0.3, 0.4) is 0 Å². The van der Waals surface area contributed by atoms with Gasteiger partial charge >= 0.3 is 0 Å². The van der Waals surface area contributed by atoms with E-state index < -0.39 is 0 Å². The Labute approximate surface area is 80.8 Å². The van der Waals surface area contributed by atoms with Crippen molar-refractivity contribution in [3.05, 3.63) is 35.2 Å². The average molecular weight is 190 g/mol. The molecule has 0 bridgehead atoms. The van der Waals surface area contributed by atoms with E-state index in [-0.39, 0.29) is 11.6 Å². The van der Waals surface area contributed by atoms with E-state index in [9.17, 15) is 9.59 Å². The highest BCUT2D eigenvalue weighted by molar-refractivity contribution is 6.21. The standard InChI is InChI=1S/C10H10N2O2/c11-4-3-6-5-12-10-8(14)2-1-7(13)9(6)10/h1-2,5,12H,3-4,11H2. The molecule has 0 saturated heterocycles. The molecule has 1 heterocycles. The lowest BCUT2D eigenvalue weighted by Crippen LogP contribution is -2.13. The Kier molecular flexibility index (Phi) is 2.05. The van der Waals surface area contributed by atoms with Crippen LogP contribution in [0.15, 0.2) is 18.3 Å². The van der Waals surface area contributed by atoms with Crippen molar-refractivity contribution in [3.63, 3.8) is 0 Å². The van der Waals surface area contributed by atoms with Gasteiger partial charge in [-0.15, -0.1) is 0 Å². The second-order valence-electron chi connectivity index (χ2n) is 3.16. The van der Waals surface area contributed by atoms with Gasteiger partial charge in [0.05, 0.1) is 11.3 Å². The van der Waals surface area contributed by atoms with Gasteiger partial charge in [0.1, 0.15) is 0 Å². The molecule has 0 radical (unpaired) electrons. The summed E-state index contributed by atoms with van der Waals surface area (Å²) in [5, 5.41) is 0. The smallest absolute Gasteiger partial charge is 0.202 e. The third kappa shape index (κ3) is 1.20. The summed E-state index contributed by atoms with van der Waals surface area (Å²) >= 11 is 0. The van der Waals surface area contributed by atoms with Gasteiger partial charge in [0.2, 0.25) is 5.78 Å². The summed E-state index contributed by atoms with van der Waals surface area (Å²) in [6.45, 7) is 0.468. The molecular formula is C10H10N2O2. The van der Waals surface area contributed by atoms with E-state index >= 15 is 0 Å². The number of nitrogens with one attached hydrogen (secondary N) is 1. The zero-order valence-corrected chi connectivity index (χ0v) is 7.54. The van der Waals surface area contributed by atoms with Gasteiger partial charge in [-0.1, -0.05) is 0 Å². The highest BCUT2D eigenvalue weighted by atomic mass is 16.1. The molecule has 0 saturated carbocycles. The fraction of sp³-hybridized carbons (Fsp3) is 0.200. The van der Waals surface area contributed by atoms with Crippen LogP contribution in [0.25, 0.3) is 0 Å². The zero-order chi connectivity index (χ0) is 10.1. The predicted molar refractivity (Wildman–Crippen MR) is 51.4 cm³/mol. The minimum absolute atomic E-state index is 0.121. The van der Waals surface area contributed by atoms with Crippen LogP contribution in [0.4, 0.5) is 0 Å². The number of allylic oxidation sites excluding steroid dienone is 2. The number of fused-ring (bicyclic) bond motifs is 1. The number of carbonyl (C=O) groups excluding carboxylic acids is 2. The summed E-state index contributed by atoms with van der Waals surface area (Å²) in [6, 6.07) is 0. The summed E-state index contributed by atoms with van der Waals surface area (Å²) in [5.41, 5.74) is 7.11. The number of H-pyrrole nitrogens is 1. The van der Waals surface area contributed by atoms with E-state index in [1.165, 1.54) is 12.2 Å². The fourth-order valence-corrected chi connectivity index (χ4v) is 1.61. The van der Waals surface area contributed by atoms with Crippen LogP contribution in [0.1, 0.15) is 26.4 Å². The lowest BCUT2D eigenvalue weighted by molar-refractivity contribution is 0.0991. The molecule has 72 valence electrons. The van der Waals surface area contributed by atoms with Crippen molar-refractivity contribution in [1.82, 2.24) is 4.98 Å². The van der Waals surface area contributed by atoms with Crippen molar-refractivity contribution in [2.24, 2.45) is 5.73 Å². The number of rotatable bonds is 2. The van der Waals surface area contributed by atoms with Crippen molar-refractivity contribution in [3.8, 4) is 0 Å². The molecule has 1 aromatic rings. The van der Waals surface area contributed by atoms with E-state index in [2.05, 4.69) is 4.98 Å². The molecule has 0 atom stereocenters. The number of aromatic nitrogens is 1. The van der Waals surface area contributed by atoms with Crippen molar-refractivity contribution >= 4 is 11.6 Å². The Balaban J connectivity index is 2.52. The molecular weight excluding hydrogens is 180 g/mol. The predicted octanol–water partition coefficient (Wildman–Crippen LogP) is 0.451. The summed E-state index contributed by atoms with van der Waals surface area (Å²) in [4.78, 5) is 25.6. The molecule has 0 aromatic carbocycles. The Bertz CT molecular complexity index is 429. The lowest BCUT2D eigenvalue weighted by atomic mass is 9.97. The third-order valence-electron chi connectivity index (χ3n) is 2.25. The molecule has 0 spiro atoms. The van der Waals surface area contributed by atoms with Crippen LogP contribution in [0.5, 0.6) is 0 Å². The molecule has 14 heavy (non-hydrogen) atoms. The number of carbonyl (C=O) groups is 2. The van der Waals surface area contributed by atoms with E-state index in [1.54, 1.807) is 6.20 Å². The first-order valence-corrected chi connectivity index (χ1v) is 4.41. The molecule has 1 aromatic heterocycles. The van der Waals surface area contributed by atoms with E-state index in [0.717, 1.165) is 5.56 Å². The van der Waals surface area contributed by atoms with E-state index in [1.807, 2.05) is 0 Å². The van der Waals surface area contributed by atoms with Crippen LogP contribution in [0, 0.1) is 0 Å². The summed E-state index contributed by atoms with van der Waals surface area (Å²) in [6.07, 6.45) is 4.88. The lowest BCUT2D eigenvalue weighted by Gasteiger charge is -2.04. The number of hydrogen-bond acceptors (Lipinski definition) is 3. The van der Waals surface area contributed by atoms with Gasteiger partial charge < -0.3 is 10.7 Å². The van der Waals surface area contributed by atoms with Gasteiger partial charge in [-0.3, -0.25) is 9.59 Å². The average Bonchev–Trinajstić information content (AvgIpc) is 2.58. The quantitative estimate of drug-likeness (QED) is 0.710. The Hall–Kier alpha value is -1.68. The van der Waals surface area contributed by atoms with Crippen molar-refractivity contribution in [2.45, 2.75) is 6.42 Å². The minimum atomic E-state index is -0.150. The Morgan fingerprint density at radius 1 is 1.21 bits per heavy atom. The van der Waals surface area contributed by atoms with Crippen molar-refractivity contribution in [2.75, 3.05) is 6.54 Å². The first-order chi connectivity index (χ1) is 6.74. The summed E-state index contributed by atoms with van der Waals surface area (Å²) in [7, 11) is 0. The molecule has 0 unspecified atom stereocenters. The van der Waals surface area contributed by atoms with Gasteiger partial charge in [-0.25, -0.2) is 0 Å². The SMILES string of the molecule is NCCc1c[nH]c2c1C(=O)C=CC2=O. The topological polar surface area (TPSA) is 76.0 Å². The van der Waals surface area contributed by atoms with Crippen LogP contribution in [0.2, 0.25) is 0 Å². The summed E-state index contributed by atoms with van der Waals surface area (Å²) in [5.74, 6) is -0.271. The van der Waals surface area contributed by atoms with Gasteiger partial charge in [-0.05, 0) is 30.7 Å². The van der Waals surface area contributed by atoms with Gasteiger partial charge in [0, 0.05) is 6.20 Å². The first-order valence-electron chi connectivity index (χ1n) is 4.41. The van der Waals surface area contributed by atoms with Gasteiger partial charge in [0.15, 0.2) is 5.78 Å². The highest BCUT2D eigenvalue weighted by Crippen LogP contribution is 2.20. The molecule has 2 rings (SSSR count). The first kappa shape index (κ1) is 8.90.